The summed E-state index contributed by atoms with van der Waals surface area (Å²) in [5.74, 6) is 0. The molecule has 0 N–H and O–H groups in total. The van der Waals surface area contributed by atoms with Gasteiger partial charge < -0.3 is 9.80 Å². The van der Waals surface area contributed by atoms with Crippen LogP contribution in [0.2, 0.25) is 0 Å². The van der Waals surface area contributed by atoms with Crippen LogP contribution in [0.15, 0.2) is 65.1 Å². The van der Waals surface area contributed by atoms with Gasteiger partial charge in [-0.2, -0.15) is 0 Å². The topological polar surface area (TPSA) is 18.8 Å². The highest BCUT2D eigenvalue weighted by Gasteiger charge is 2.37. The zero-order chi connectivity index (χ0) is 21.2. The fourth-order valence-electron chi connectivity index (χ4n) is 5.12. The summed E-state index contributed by atoms with van der Waals surface area (Å²) in [7, 11) is 2.13. The normalized spacial score (nSPS) is 23.3. The van der Waals surface area contributed by atoms with Crippen molar-refractivity contribution >= 4 is 6.72 Å². The van der Waals surface area contributed by atoms with Gasteiger partial charge in [-0.15, -0.1) is 0 Å². The Morgan fingerprint density at radius 1 is 1.28 bits per heavy atom. The van der Waals surface area contributed by atoms with Crippen molar-refractivity contribution < 1.29 is 0 Å². The monoisotopic (exact) mass is 391 g/mol. The van der Waals surface area contributed by atoms with E-state index >= 15 is 0 Å². The number of benzene rings is 1. The predicted octanol–water partition coefficient (Wildman–Crippen LogP) is 5.83. The summed E-state index contributed by atoms with van der Waals surface area (Å²) in [5.41, 5.74) is 7.24. The average Bonchev–Trinajstić information content (AvgIpc) is 3.19. The summed E-state index contributed by atoms with van der Waals surface area (Å²) in [5, 5.41) is 0. The molecule has 1 saturated carbocycles. The minimum absolute atomic E-state index is 0.298. The van der Waals surface area contributed by atoms with E-state index in [1.165, 1.54) is 48.9 Å². The Kier molecular flexibility index (Phi) is 6.36. The maximum absolute atomic E-state index is 4.41. The van der Waals surface area contributed by atoms with Gasteiger partial charge in [0.05, 0.1) is 17.1 Å². The Bertz CT molecular complexity index is 826. The van der Waals surface area contributed by atoms with Crippen LogP contribution in [0.25, 0.3) is 0 Å². The van der Waals surface area contributed by atoms with Gasteiger partial charge in [-0.1, -0.05) is 55.8 Å². The predicted molar refractivity (Wildman–Crippen MR) is 125 cm³/mol. The molecule has 1 heterocycles. The van der Waals surface area contributed by atoms with Crippen molar-refractivity contribution in [3.8, 4) is 0 Å². The van der Waals surface area contributed by atoms with Crippen molar-refractivity contribution in [3.05, 3.63) is 71.2 Å². The number of allylic oxidation sites excluding steroid dienone is 1. The molecule has 3 nitrogen and oxygen atoms in total. The van der Waals surface area contributed by atoms with Crippen LogP contribution in [0, 0.1) is 6.92 Å². The second-order valence-corrected chi connectivity index (χ2v) is 9.04. The van der Waals surface area contributed by atoms with Crippen molar-refractivity contribution in [2.45, 2.75) is 64.3 Å². The molecule has 0 bridgehead atoms. The molecule has 1 aliphatic heterocycles. The standard InChI is InChI=1S/C26H37N3/c1-19-11-10-12-24(17-19)26(13-8-9-14-26)15-16-29-18-20(2)28(7)23(5)25(29)21(3)22(4)27-6/h10-12,17,20H,4-6,8-9,13-16,18H2,1-3,7H3/b25-21-. The summed E-state index contributed by atoms with van der Waals surface area (Å²) in [6.45, 7) is 20.8. The highest BCUT2D eigenvalue weighted by Crippen LogP contribution is 2.45. The van der Waals surface area contributed by atoms with Crippen molar-refractivity contribution in [3.63, 3.8) is 0 Å². The first-order valence-electron chi connectivity index (χ1n) is 10.9. The first kappa shape index (κ1) is 21.4. The quantitative estimate of drug-likeness (QED) is 0.568. The molecule has 1 atom stereocenters. The molecule has 1 aliphatic carbocycles. The fourth-order valence-corrected chi connectivity index (χ4v) is 5.12. The summed E-state index contributed by atoms with van der Waals surface area (Å²) < 4.78 is 0. The lowest BCUT2D eigenvalue weighted by Crippen LogP contribution is -2.48. The molecular weight excluding hydrogens is 354 g/mol. The molecule has 1 unspecified atom stereocenters. The minimum Gasteiger partial charge on any atom is -0.369 e. The molecule has 0 spiro atoms. The largest absolute Gasteiger partial charge is 0.369 e. The first-order valence-corrected chi connectivity index (χ1v) is 10.9. The molecule has 1 saturated heterocycles. The summed E-state index contributed by atoms with van der Waals surface area (Å²) in [6, 6.07) is 9.61. The fraction of sp³-hybridized carbons (Fsp3) is 0.500. The third-order valence-corrected chi connectivity index (χ3v) is 7.19. The highest BCUT2D eigenvalue weighted by molar-refractivity contribution is 5.44. The van der Waals surface area contributed by atoms with E-state index in [9.17, 15) is 0 Å². The van der Waals surface area contributed by atoms with Crippen LogP contribution in [0.1, 0.15) is 57.1 Å². The Balaban J connectivity index is 1.90. The van der Waals surface area contributed by atoms with E-state index in [2.05, 4.69) is 86.8 Å². The van der Waals surface area contributed by atoms with Crippen LogP contribution >= 0.6 is 0 Å². The highest BCUT2D eigenvalue weighted by atomic mass is 15.3. The van der Waals surface area contributed by atoms with Gasteiger partial charge in [-0.05, 0) is 63.3 Å². The van der Waals surface area contributed by atoms with Crippen LogP contribution in [0.5, 0.6) is 0 Å². The van der Waals surface area contributed by atoms with E-state index in [0.717, 1.165) is 30.1 Å². The average molecular weight is 392 g/mol. The van der Waals surface area contributed by atoms with Crippen LogP contribution in [0.4, 0.5) is 0 Å². The molecule has 1 aromatic rings. The van der Waals surface area contributed by atoms with Crippen LogP contribution < -0.4 is 0 Å². The molecule has 156 valence electrons. The number of likely N-dealkylation sites (N-methyl/N-ethyl adjacent to an activating group) is 1. The van der Waals surface area contributed by atoms with Gasteiger partial charge in [-0.3, -0.25) is 4.99 Å². The summed E-state index contributed by atoms with van der Waals surface area (Å²) in [6.07, 6.45) is 6.42. The minimum atomic E-state index is 0.298. The summed E-state index contributed by atoms with van der Waals surface area (Å²) in [4.78, 5) is 8.89. The number of aryl methyl sites for hydroxylation is 1. The first-order chi connectivity index (χ1) is 13.8. The maximum Gasteiger partial charge on any atom is 0.0649 e. The molecule has 0 radical (unpaired) electrons. The summed E-state index contributed by atoms with van der Waals surface area (Å²) >= 11 is 0. The van der Waals surface area contributed by atoms with E-state index in [0.29, 0.717) is 11.5 Å². The Labute approximate surface area is 177 Å². The smallest absolute Gasteiger partial charge is 0.0649 e. The number of nitrogens with zero attached hydrogens (tertiary/aromatic N) is 3. The molecule has 1 aromatic carbocycles. The lowest BCUT2D eigenvalue weighted by Gasteiger charge is -2.45. The zero-order valence-electron chi connectivity index (χ0n) is 18.8. The molecule has 0 aromatic heterocycles. The number of piperazine rings is 1. The Morgan fingerprint density at radius 2 is 1.97 bits per heavy atom. The van der Waals surface area contributed by atoms with Crippen molar-refractivity contribution in [1.29, 1.82) is 0 Å². The third kappa shape index (κ3) is 4.19. The van der Waals surface area contributed by atoms with Gasteiger partial charge >= 0.3 is 0 Å². The molecule has 2 aliphatic rings. The second kappa shape index (κ2) is 8.61. The van der Waals surface area contributed by atoms with Crippen LogP contribution in [0.3, 0.4) is 0 Å². The van der Waals surface area contributed by atoms with Gasteiger partial charge in [0.25, 0.3) is 0 Å². The van der Waals surface area contributed by atoms with Crippen molar-refractivity contribution in [2.24, 2.45) is 4.99 Å². The van der Waals surface area contributed by atoms with Gasteiger partial charge in [0.1, 0.15) is 0 Å². The van der Waals surface area contributed by atoms with E-state index < -0.39 is 0 Å². The maximum atomic E-state index is 4.41. The van der Waals surface area contributed by atoms with E-state index in [-0.39, 0.29) is 0 Å². The molecule has 29 heavy (non-hydrogen) atoms. The number of hydrogen-bond donors (Lipinski definition) is 0. The van der Waals surface area contributed by atoms with Crippen molar-refractivity contribution in [2.75, 3.05) is 20.1 Å². The van der Waals surface area contributed by atoms with Gasteiger partial charge in [0.2, 0.25) is 0 Å². The number of rotatable bonds is 6. The lowest BCUT2D eigenvalue weighted by atomic mass is 9.75. The van der Waals surface area contributed by atoms with E-state index in [1.54, 1.807) is 0 Å². The van der Waals surface area contributed by atoms with E-state index in [1.807, 2.05) is 0 Å². The van der Waals surface area contributed by atoms with E-state index in [4.69, 9.17) is 0 Å². The molecule has 2 fully saturated rings. The Hall–Kier alpha value is -2.29. The third-order valence-electron chi connectivity index (χ3n) is 7.19. The van der Waals surface area contributed by atoms with Crippen LogP contribution in [-0.4, -0.2) is 42.7 Å². The SMILES string of the molecule is C=NC(=C)/C(C)=C1/C(=C)N(C)C(C)CN1CCC1(c2cccc(C)c2)CCCC1. The lowest BCUT2D eigenvalue weighted by molar-refractivity contribution is 0.172. The zero-order valence-corrected chi connectivity index (χ0v) is 18.8. The van der Waals surface area contributed by atoms with Gasteiger partial charge in [0, 0.05) is 26.2 Å². The number of aliphatic imine (C=N–C) groups is 1. The second-order valence-electron chi connectivity index (χ2n) is 9.04. The Morgan fingerprint density at radius 3 is 2.59 bits per heavy atom. The molecule has 3 heteroatoms. The van der Waals surface area contributed by atoms with Crippen LogP contribution in [-0.2, 0) is 5.41 Å². The molecule has 0 amide bonds. The van der Waals surface area contributed by atoms with Gasteiger partial charge in [0.15, 0.2) is 0 Å². The van der Waals surface area contributed by atoms with Gasteiger partial charge in [-0.25, -0.2) is 0 Å². The molecular formula is C26H37N3. The molecule has 3 rings (SSSR count). The van der Waals surface area contributed by atoms with Crippen molar-refractivity contribution in [1.82, 2.24) is 9.80 Å². The number of hydrogen-bond acceptors (Lipinski definition) is 3.